The van der Waals surface area contributed by atoms with Gasteiger partial charge >= 0.3 is 0 Å². The molecule has 0 N–H and O–H groups in total. The Hall–Kier alpha value is -7.98. The van der Waals surface area contributed by atoms with Crippen molar-refractivity contribution in [1.29, 1.82) is 0 Å². The van der Waals surface area contributed by atoms with Gasteiger partial charge in [-0.15, -0.1) is 0 Å². The highest BCUT2D eigenvalue weighted by molar-refractivity contribution is 7.20. The summed E-state index contributed by atoms with van der Waals surface area (Å²) in [7, 11) is -2.99. The summed E-state index contributed by atoms with van der Waals surface area (Å²) in [5.41, 5.74) is 11.9. The lowest BCUT2D eigenvalue weighted by Crippen LogP contribution is -2.75. The van der Waals surface area contributed by atoms with Gasteiger partial charge in [-0.2, -0.15) is 0 Å². The van der Waals surface area contributed by atoms with Crippen molar-refractivity contribution in [3.63, 3.8) is 0 Å². The van der Waals surface area contributed by atoms with Crippen LogP contribution in [0.3, 0.4) is 0 Å². The molecule has 0 saturated heterocycles. The zero-order valence-corrected chi connectivity index (χ0v) is 35.6. The SMILES string of the molecule is c1ccc(-c2ccccc2-n2c3ccccc3c3ccc(-n4c5ccccc5c5ccc([Si](c6ccccc6)(c6ccccc6)c6ccccc6)c(-c6ccccc6)c54)cc32)cc1. The summed E-state index contributed by atoms with van der Waals surface area (Å²) in [5.74, 6) is 0. The largest absolute Gasteiger partial charge is 0.309 e. The second-order valence-electron chi connectivity index (χ2n) is 16.4. The highest BCUT2D eigenvalue weighted by atomic mass is 28.3. The molecule has 0 radical (unpaired) electrons. The van der Waals surface area contributed by atoms with Crippen molar-refractivity contribution < 1.29 is 0 Å². The van der Waals surface area contributed by atoms with E-state index in [0.29, 0.717) is 0 Å². The van der Waals surface area contributed by atoms with Gasteiger partial charge in [-0.3, -0.25) is 0 Å². The third-order valence-corrected chi connectivity index (χ3v) is 17.9. The molecule has 0 bridgehead atoms. The Balaban J connectivity index is 1.24. The number of fused-ring (bicyclic) bond motifs is 6. The molecule has 2 aromatic heterocycles. The van der Waals surface area contributed by atoms with Crippen molar-refractivity contribution in [3.05, 3.63) is 255 Å². The van der Waals surface area contributed by atoms with Crippen LogP contribution in [0, 0.1) is 0 Å². The molecule has 10 aromatic carbocycles. The Morgan fingerprint density at radius 3 is 1.35 bits per heavy atom. The zero-order valence-electron chi connectivity index (χ0n) is 34.6. The van der Waals surface area contributed by atoms with E-state index in [2.05, 4.69) is 264 Å². The predicted molar refractivity (Wildman–Crippen MR) is 270 cm³/mol. The Morgan fingerprint density at radius 1 is 0.302 bits per heavy atom. The van der Waals surface area contributed by atoms with Crippen molar-refractivity contribution in [2.75, 3.05) is 0 Å². The van der Waals surface area contributed by atoms with E-state index in [4.69, 9.17) is 0 Å². The highest BCUT2D eigenvalue weighted by Crippen LogP contribution is 2.41. The molecule has 0 aliphatic rings. The Kier molecular flexibility index (Phi) is 8.87. The van der Waals surface area contributed by atoms with Gasteiger partial charge in [-0.05, 0) is 62.2 Å². The molecule has 0 spiro atoms. The molecule has 0 amide bonds. The molecule has 12 aromatic rings. The topological polar surface area (TPSA) is 9.86 Å². The molecule has 296 valence electrons. The van der Waals surface area contributed by atoms with Crippen LogP contribution in [0.5, 0.6) is 0 Å². The molecule has 2 heterocycles. The van der Waals surface area contributed by atoms with Crippen LogP contribution in [0.4, 0.5) is 0 Å². The van der Waals surface area contributed by atoms with Gasteiger partial charge in [0.2, 0.25) is 0 Å². The van der Waals surface area contributed by atoms with Gasteiger partial charge in [0, 0.05) is 38.4 Å². The summed E-state index contributed by atoms with van der Waals surface area (Å²) >= 11 is 0. The van der Waals surface area contributed by atoms with Crippen LogP contribution in [0.25, 0.3) is 77.2 Å². The average Bonchev–Trinajstić information content (AvgIpc) is 3.88. The molecule has 63 heavy (non-hydrogen) atoms. The Morgan fingerprint density at radius 2 is 0.746 bits per heavy atom. The van der Waals surface area contributed by atoms with Gasteiger partial charge in [0.15, 0.2) is 8.07 Å². The fourth-order valence-electron chi connectivity index (χ4n) is 10.5. The molecule has 2 nitrogen and oxygen atoms in total. The summed E-state index contributed by atoms with van der Waals surface area (Å²) in [4.78, 5) is 0. The van der Waals surface area contributed by atoms with E-state index < -0.39 is 8.07 Å². The average molecular weight is 819 g/mol. The quantitative estimate of drug-likeness (QED) is 0.107. The second-order valence-corrected chi connectivity index (χ2v) is 20.2. The summed E-state index contributed by atoms with van der Waals surface area (Å²) < 4.78 is 5.03. The van der Waals surface area contributed by atoms with E-state index in [0.717, 1.165) is 11.4 Å². The minimum Gasteiger partial charge on any atom is -0.309 e. The maximum atomic E-state index is 2.56. The molecule has 0 aliphatic heterocycles. The van der Waals surface area contributed by atoms with Gasteiger partial charge in [0.05, 0.1) is 27.8 Å². The van der Waals surface area contributed by atoms with Crippen molar-refractivity contribution in [2.45, 2.75) is 0 Å². The third kappa shape index (κ3) is 5.78. The van der Waals surface area contributed by atoms with Gasteiger partial charge in [-0.1, -0.05) is 224 Å². The number of rotatable bonds is 8. The fourth-order valence-corrected chi connectivity index (χ4v) is 15.4. The number of para-hydroxylation sites is 3. The number of benzene rings is 10. The Bertz CT molecular complexity index is 3500. The molecular weight excluding hydrogens is 777 g/mol. The summed E-state index contributed by atoms with van der Waals surface area (Å²) in [6.07, 6.45) is 0. The van der Waals surface area contributed by atoms with E-state index in [1.165, 1.54) is 86.6 Å². The molecule has 0 atom stereocenters. The summed E-state index contributed by atoms with van der Waals surface area (Å²) in [6, 6.07) is 94.4. The predicted octanol–water partition coefficient (Wildman–Crippen LogP) is 12.6. The van der Waals surface area contributed by atoms with Gasteiger partial charge in [0.1, 0.15) is 0 Å². The maximum Gasteiger partial charge on any atom is 0.180 e. The maximum absolute atomic E-state index is 2.99. The monoisotopic (exact) mass is 818 g/mol. The summed E-state index contributed by atoms with van der Waals surface area (Å²) in [6.45, 7) is 0. The molecule has 12 rings (SSSR count). The number of hydrogen-bond acceptors (Lipinski definition) is 0. The van der Waals surface area contributed by atoms with Crippen LogP contribution in [0.15, 0.2) is 255 Å². The van der Waals surface area contributed by atoms with Gasteiger partial charge in [0.25, 0.3) is 0 Å². The zero-order chi connectivity index (χ0) is 41.7. The fraction of sp³-hybridized carbons (Fsp3) is 0. The molecule has 3 heteroatoms. The molecular formula is C60H42N2Si. The molecule has 0 aliphatic carbocycles. The first-order valence-electron chi connectivity index (χ1n) is 21.8. The van der Waals surface area contributed by atoms with Gasteiger partial charge < -0.3 is 9.13 Å². The minimum absolute atomic E-state index is 1.12. The standard InChI is InChI=1S/C60H42N2Si/c1-6-22-43(23-7-1)49-32-16-19-35-54(49)62-56-37-21-17-33-50(56)52-39-38-45(42-57(52)62)61-55-36-20-18-34-51(55)53-40-41-58(59(60(53)61)44-24-8-2-9-25-44)63(46-26-10-3-11-27-46,47-28-12-4-13-29-47)48-30-14-5-15-31-48/h1-42H. The first-order valence-corrected chi connectivity index (χ1v) is 23.8. The van der Waals surface area contributed by atoms with Crippen molar-refractivity contribution in [2.24, 2.45) is 0 Å². The molecule has 0 saturated carbocycles. The Labute approximate surface area is 368 Å². The van der Waals surface area contributed by atoms with E-state index in [1.807, 2.05) is 0 Å². The van der Waals surface area contributed by atoms with Crippen molar-refractivity contribution in [1.82, 2.24) is 9.13 Å². The van der Waals surface area contributed by atoms with E-state index in [-0.39, 0.29) is 0 Å². The number of hydrogen-bond donors (Lipinski definition) is 0. The van der Waals surface area contributed by atoms with Crippen LogP contribution in [-0.4, -0.2) is 17.2 Å². The van der Waals surface area contributed by atoms with Crippen molar-refractivity contribution >= 4 is 72.4 Å². The van der Waals surface area contributed by atoms with Crippen molar-refractivity contribution in [3.8, 4) is 33.6 Å². The van der Waals surface area contributed by atoms with E-state index in [9.17, 15) is 0 Å². The van der Waals surface area contributed by atoms with Crippen LogP contribution < -0.4 is 20.7 Å². The lowest BCUT2D eigenvalue weighted by atomic mass is 10.0. The third-order valence-electron chi connectivity index (χ3n) is 13.1. The van der Waals surface area contributed by atoms with Crippen LogP contribution in [0.2, 0.25) is 0 Å². The minimum atomic E-state index is -2.99. The molecule has 0 unspecified atom stereocenters. The number of nitrogens with zero attached hydrogens (tertiary/aromatic N) is 2. The number of aromatic nitrogens is 2. The van der Waals surface area contributed by atoms with E-state index in [1.54, 1.807) is 0 Å². The second kappa shape index (κ2) is 15.2. The van der Waals surface area contributed by atoms with Crippen LogP contribution in [0.1, 0.15) is 0 Å². The first-order chi connectivity index (χ1) is 31.3. The first kappa shape index (κ1) is 36.8. The van der Waals surface area contributed by atoms with Crippen LogP contribution >= 0.6 is 0 Å². The van der Waals surface area contributed by atoms with Gasteiger partial charge in [-0.25, -0.2) is 0 Å². The normalized spacial score (nSPS) is 11.8. The molecule has 0 fully saturated rings. The van der Waals surface area contributed by atoms with Crippen LogP contribution in [-0.2, 0) is 0 Å². The highest BCUT2D eigenvalue weighted by Gasteiger charge is 2.44. The summed E-state index contributed by atoms with van der Waals surface area (Å²) in [5, 5.41) is 10.4. The lowest BCUT2D eigenvalue weighted by Gasteiger charge is -2.36. The smallest absolute Gasteiger partial charge is 0.180 e. The lowest BCUT2D eigenvalue weighted by molar-refractivity contribution is 1.16. The van der Waals surface area contributed by atoms with E-state index >= 15 is 0 Å².